The minimum Gasteiger partial charge on any atom is -0.325 e. The zero-order chi connectivity index (χ0) is 20.4. The molecule has 4 rings (SSSR count). The van der Waals surface area contributed by atoms with Crippen LogP contribution in [0.15, 0.2) is 66.0 Å². The second kappa shape index (κ2) is 8.35. The molecule has 1 atom stereocenters. The van der Waals surface area contributed by atoms with E-state index in [1.807, 2.05) is 51.1 Å². The number of thioether (sulfide) groups is 1. The SMILES string of the molecule is Cc1ccc(NC(=O)[C@@H](C)Sc2ncnc3sc(-c4ccccc4)cc23)c(C)c1. The van der Waals surface area contributed by atoms with Crippen LogP contribution in [-0.4, -0.2) is 21.1 Å². The van der Waals surface area contributed by atoms with Crippen molar-refractivity contribution in [3.05, 3.63) is 72.1 Å². The minimum absolute atomic E-state index is 0.0350. The van der Waals surface area contributed by atoms with Crippen LogP contribution in [0.1, 0.15) is 18.1 Å². The third kappa shape index (κ3) is 4.33. The van der Waals surface area contributed by atoms with Gasteiger partial charge in [0.25, 0.3) is 0 Å². The zero-order valence-corrected chi connectivity index (χ0v) is 18.1. The van der Waals surface area contributed by atoms with Gasteiger partial charge in [-0.1, -0.05) is 59.8 Å². The lowest BCUT2D eigenvalue weighted by Gasteiger charge is -2.14. The fourth-order valence-corrected chi connectivity index (χ4v) is 5.04. The number of hydrogen-bond acceptors (Lipinski definition) is 5. The fourth-order valence-electron chi connectivity index (χ4n) is 3.08. The maximum Gasteiger partial charge on any atom is 0.237 e. The molecule has 1 N–H and O–H groups in total. The molecule has 2 aromatic heterocycles. The first-order valence-electron chi connectivity index (χ1n) is 9.36. The van der Waals surface area contributed by atoms with Crippen molar-refractivity contribution in [2.45, 2.75) is 31.0 Å². The van der Waals surface area contributed by atoms with Crippen LogP contribution in [0, 0.1) is 13.8 Å². The van der Waals surface area contributed by atoms with Crippen LogP contribution >= 0.6 is 23.1 Å². The smallest absolute Gasteiger partial charge is 0.237 e. The molecule has 1 amide bonds. The van der Waals surface area contributed by atoms with Crippen molar-refractivity contribution in [3.63, 3.8) is 0 Å². The van der Waals surface area contributed by atoms with Gasteiger partial charge >= 0.3 is 0 Å². The molecule has 0 bridgehead atoms. The van der Waals surface area contributed by atoms with Crippen LogP contribution < -0.4 is 5.32 Å². The molecule has 0 saturated heterocycles. The Labute approximate surface area is 178 Å². The summed E-state index contributed by atoms with van der Waals surface area (Å²) in [5.41, 5.74) is 4.25. The van der Waals surface area contributed by atoms with Crippen LogP contribution in [0.3, 0.4) is 0 Å². The number of amides is 1. The predicted octanol–water partition coefficient (Wildman–Crippen LogP) is 6.09. The minimum atomic E-state index is -0.283. The van der Waals surface area contributed by atoms with Crippen LogP contribution in [0.2, 0.25) is 0 Å². The van der Waals surface area contributed by atoms with E-state index in [4.69, 9.17) is 0 Å². The average Bonchev–Trinajstić information content (AvgIpc) is 3.16. The monoisotopic (exact) mass is 419 g/mol. The van der Waals surface area contributed by atoms with Gasteiger partial charge in [0.2, 0.25) is 5.91 Å². The molecular weight excluding hydrogens is 398 g/mol. The lowest BCUT2D eigenvalue weighted by molar-refractivity contribution is -0.115. The number of carbonyl (C=O) groups excluding carboxylic acids is 1. The summed E-state index contributed by atoms with van der Waals surface area (Å²) in [6.45, 7) is 5.95. The highest BCUT2D eigenvalue weighted by atomic mass is 32.2. The van der Waals surface area contributed by atoms with Crippen LogP contribution in [0.5, 0.6) is 0 Å². The molecule has 2 aromatic carbocycles. The number of aryl methyl sites for hydroxylation is 2. The van der Waals surface area contributed by atoms with Gasteiger partial charge in [0.1, 0.15) is 16.2 Å². The third-order valence-corrected chi connectivity index (χ3v) is 6.86. The number of hydrogen-bond donors (Lipinski definition) is 1. The Bertz CT molecular complexity index is 1170. The molecule has 0 aliphatic carbocycles. The van der Waals surface area contributed by atoms with E-state index in [0.29, 0.717) is 0 Å². The molecule has 0 aliphatic rings. The summed E-state index contributed by atoms with van der Waals surface area (Å²) in [6.07, 6.45) is 1.57. The molecule has 0 fully saturated rings. The topological polar surface area (TPSA) is 54.9 Å². The van der Waals surface area contributed by atoms with Crippen molar-refractivity contribution in [1.82, 2.24) is 9.97 Å². The van der Waals surface area contributed by atoms with Gasteiger partial charge in [0.15, 0.2) is 0 Å². The van der Waals surface area contributed by atoms with Gasteiger partial charge in [0, 0.05) is 16.0 Å². The molecule has 0 aliphatic heterocycles. The molecule has 2 heterocycles. The molecule has 4 aromatic rings. The summed E-state index contributed by atoms with van der Waals surface area (Å²) in [4.78, 5) is 23.7. The normalized spacial score (nSPS) is 12.1. The molecule has 0 unspecified atom stereocenters. The highest BCUT2D eigenvalue weighted by molar-refractivity contribution is 8.00. The summed E-state index contributed by atoms with van der Waals surface area (Å²) < 4.78 is 0. The predicted molar refractivity (Wildman–Crippen MR) is 123 cm³/mol. The van der Waals surface area contributed by atoms with Crippen molar-refractivity contribution >= 4 is 44.9 Å². The first kappa shape index (κ1) is 19.6. The Morgan fingerprint density at radius 3 is 2.62 bits per heavy atom. The summed E-state index contributed by atoms with van der Waals surface area (Å²) >= 11 is 3.10. The molecule has 0 spiro atoms. The van der Waals surface area contributed by atoms with Gasteiger partial charge in [0.05, 0.1) is 5.25 Å². The maximum absolute atomic E-state index is 12.7. The third-order valence-electron chi connectivity index (χ3n) is 4.65. The number of rotatable bonds is 5. The maximum atomic E-state index is 12.7. The number of benzene rings is 2. The molecule has 0 radical (unpaired) electrons. The van der Waals surface area contributed by atoms with Crippen molar-refractivity contribution < 1.29 is 4.79 Å². The summed E-state index contributed by atoms with van der Waals surface area (Å²) in [5, 5.41) is 4.58. The Balaban J connectivity index is 1.55. The molecule has 29 heavy (non-hydrogen) atoms. The van der Waals surface area contributed by atoms with Crippen LogP contribution in [-0.2, 0) is 4.79 Å². The van der Waals surface area contributed by atoms with Crippen molar-refractivity contribution in [2.75, 3.05) is 5.32 Å². The summed E-state index contributed by atoms with van der Waals surface area (Å²) in [6, 6.07) is 18.4. The van der Waals surface area contributed by atoms with Gasteiger partial charge in [-0.2, -0.15) is 0 Å². The largest absolute Gasteiger partial charge is 0.325 e. The van der Waals surface area contributed by atoms with E-state index in [9.17, 15) is 4.79 Å². The molecule has 146 valence electrons. The lowest BCUT2D eigenvalue weighted by atomic mass is 10.1. The molecule has 6 heteroatoms. The van der Waals surface area contributed by atoms with Gasteiger partial charge in [-0.25, -0.2) is 9.97 Å². The van der Waals surface area contributed by atoms with Gasteiger partial charge in [-0.05, 0) is 44.0 Å². The molecule has 4 nitrogen and oxygen atoms in total. The number of aromatic nitrogens is 2. The van der Waals surface area contributed by atoms with Crippen molar-refractivity contribution in [3.8, 4) is 10.4 Å². The second-order valence-corrected chi connectivity index (χ2v) is 9.30. The van der Waals surface area contributed by atoms with Gasteiger partial charge in [-0.3, -0.25) is 4.79 Å². The van der Waals surface area contributed by atoms with E-state index in [1.165, 1.54) is 17.3 Å². The Kier molecular flexibility index (Phi) is 5.65. The summed E-state index contributed by atoms with van der Waals surface area (Å²) in [7, 11) is 0. The number of fused-ring (bicyclic) bond motifs is 1. The van der Waals surface area contributed by atoms with E-state index < -0.39 is 0 Å². The Morgan fingerprint density at radius 1 is 1.07 bits per heavy atom. The number of carbonyl (C=O) groups is 1. The average molecular weight is 420 g/mol. The van der Waals surface area contributed by atoms with Crippen LogP contribution in [0.25, 0.3) is 20.7 Å². The number of nitrogens with zero attached hydrogens (tertiary/aromatic N) is 2. The first-order chi connectivity index (χ1) is 14.0. The van der Waals surface area contributed by atoms with Crippen LogP contribution in [0.4, 0.5) is 5.69 Å². The number of nitrogens with one attached hydrogen (secondary N) is 1. The molecule has 0 saturated carbocycles. The van der Waals surface area contributed by atoms with Crippen molar-refractivity contribution in [1.29, 1.82) is 0 Å². The molecular formula is C23H21N3OS2. The Morgan fingerprint density at radius 2 is 1.86 bits per heavy atom. The van der Waals surface area contributed by atoms with E-state index in [1.54, 1.807) is 17.7 Å². The van der Waals surface area contributed by atoms with E-state index in [0.717, 1.165) is 36.9 Å². The van der Waals surface area contributed by atoms with E-state index >= 15 is 0 Å². The standard InChI is InChI=1S/C23H21N3OS2/c1-14-9-10-19(15(2)11-14)26-21(27)16(3)28-22-18-12-20(17-7-5-4-6-8-17)29-23(18)25-13-24-22/h4-13,16H,1-3H3,(H,26,27)/t16-/m1/s1. The zero-order valence-electron chi connectivity index (χ0n) is 16.5. The van der Waals surface area contributed by atoms with Gasteiger partial charge < -0.3 is 5.32 Å². The number of anilines is 1. The Hall–Kier alpha value is -2.70. The van der Waals surface area contributed by atoms with E-state index in [-0.39, 0.29) is 11.2 Å². The quantitative estimate of drug-likeness (QED) is 0.314. The van der Waals surface area contributed by atoms with Gasteiger partial charge in [-0.15, -0.1) is 11.3 Å². The van der Waals surface area contributed by atoms with Crippen molar-refractivity contribution in [2.24, 2.45) is 0 Å². The number of thiophene rings is 1. The highest BCUT2D eigenvalue weighted by Crippen LogP contribution is 2.37. The highest BCUT2D eigenvalue weighted by Gasteiger charge is 2.19. The summed E-state index contributed by atoms with van der Waals surface area (Å²) in [5.74, 6) is -0.0350. The lowest BCUT2D eigenvalue weighted by Crippen LogP contribution is -2.23. The second-order valence-electron chi connectivity index (χ2n) is 6.94. The van der Waals surface area contributed by atoms with E-state index in [2.05, 4.69) is 39.6 Å². The first-order valence-corrected chi connectivity index (χ1v) is 11.1. The fraction of sp³-hybridized carbons (Fsp3) is 0.174.